The van der Waals surface area contributed by atoms with Crippen LogP contribution in [0.15, 0.2) is 49.3 Å². The topological polar surface area (TPSA) is 33.1 Å². The van der Waals surface area contributed by atoms with Crippen LogP contribution >= 0.6 is 0 Å². The van der Waals surface area contributed by atoms with Crippen LogP contribution in [0.1, 0.15) is 18.1 Å². The van der Waals surface area contributed by atoms with Crippen molar-refractivity contribution >= 4 is 10.8 Å². The molecule has 2 rings (SSSR count). The molecule has 0 bridgehead atoms. The van der Waals surface area contributed by atoms with Crippen molar-refractivity contribution in [2.24, 2.45) is 0 Å². The molecule has 1 aromatic carbocycles. The van der Waals surface area contributed by atoms with Gasteiger partial charge < -0.3 is 5.11 Å². The molecule has 0 fully saturated rings. The van der Waals surface area contributed by atoms with Crippen LogP contribution in [-0.4, -0.2) is 10.1 Å². The first-order valence-electron chi connectivity index (χ1n) is 4.94. The van der Waals surface area contributed by atoms with Crippen LogP contribution in [-0.2, 0) is 0 Å². The lowest BCUT2D eigenvalue weighted by Crippen LogP contribution is -1.96. The number of benzene rings is 1. The second-order valence-corrected chi connectivity index (χ2v) is 3.48. The summed E-state index contributed by atoms with van der Waals surface area (Å²) >= 11 is 0. The summed E-state index contributed by atoms with van der Waals surface area (Å²) in [6.45, 7) is 3.63. The molecule has 1 N–H and O–H groups in total. The minimum Gasteiger partial charge on any atom is -0.388 e. The van der Waals surface area contributed by atoms with Gasteiger partial charge in [-0.1, -0.05) is 24.3 Å². The first-order valence-corrected chi connectivity index (χ1v) is 4.94. The quantitative estimate of drug-likeness (QED) is 0.771. The zero-order valence-corrected chi connectivity index (χ0v) is 8.43. The van der Waals surface area contributed by atoms with E-state index in [1.165, 1.54) is 0 Å². The number of aromatic nitrogens is 1. The number of aliphatic hydroxyl groups excluding tert-OH is 1. The van der Waals surface area contributed by atoms with Gasteiger partial charge >= 0.3 is 0 Å². The number of hydrogen-bond acceptors (Lipinski definition) is 2. The van der Waals surface area contributed by atoms with Crippen molar-refractivity contribution in [1.82, 2.24) is 4.98 Å². The van der Waals surface area contributed by atoms with Crippen LogP contribution in [0.2, 0.25) is 0 Å². The lowest BCUT2D eigenvalue weighted by Gasteiger charge is -2.11. The van der Waals surface area contributed by atoms with Crippen LogP contribution in [0.3, 0.4) is 0 Å². The second-order valence-electron chi connectivity index (χ2n) is 3.48. The highest BCUT2D eigenvalue weighted by Crippen LogP contribution is 2.25. The van der Waals surface area contributed by atoms with Gasteiger partial charge in [-0.2, -0.15) is 0 Å². The predicted molar refractivity (Wildman–Crippen MR) is 61.5 cm³/mol. The zero-order chi connectivity index (χ0) is 10.7. The smallest absolute Gasteiger partial charge is 0.0830 e. The average molecular weight is 199 g/mol. The molecule has 0 spiro atoms. The molecule has 1 unspecified atom stereocenters. The molecule has 2 heteroatoms. The highest BCUT2D eigenvalue weighted by atomic mass is 16.3. The summed E-state index contributed by atoms with van der Waals surface area (Å²) in [4.78, 5) is 4.08. The maximum Gasteiger partial charge on any atom is 0.0830 e. The molecule has 0 saturated heterocycles. The van der Waals surface area contributed by atoms with Crippen molar-refractivity contribution in [2.45, 2.75) is 12.5 Å². The Kier molecular flexibility index (Phi) is 2.79. The molecule has 2 aromatic rings. The minimum atomic E-state index is -0.490. The van der Waals surface area contributed by atoms with Crippen LogP contribution in [0, 0.1) is 0 Å². The van der Waals surface area contributed by atoms with Crippen molar-refractivity contribution in [3.63, 3.8) is 0 Å². The number of fused-ring (bicyclic) bond motifs is 1. The fourth-order valence-corrected chi connectivity index (χ4v) is 1.71. The standard InChI is InChI=1S/C13H13NO/c1-2-4-13(15)11-6-3-5-10-7-8-14-9-12(10)11/h2-3,5-9,13,15H,1,4H2. The molecule has 0 saturated carbocycles. The van der Waals surface area contributed by atoms with Gasteiger partial charge in [0.05, 0.1) is 6.10 Å². The van der Waals surface area contributed by atoms with Crippen LogP contribution in [0.5, 0.6) is 0 Å². The maximum absolute atomic E-state index is 9.92. The Morgan fingerprint density at radius 2 is 2.27 bits per heavy atom. The average Bonchev–Trinajstić information content (AvgIpc) is 2.28. The van der Waals surface area contributed by atoms with Gasteiger partial charge in [-0.25, -0.2) is 0 Å². The number of hydrogen-bond donors (Lipinski definition) is 1. The van der Waals surface area contributed by atoms with E-state index in [0.717, 1.165) is 16.3 Å². The molecule has 0 radical (unpaired) electrons. The molecule has 0 aliphatic carbocycles. The van der Waals surface area contributed by atoms with Gasteiger partial charge in [0, 0.05) is 17.8 Å². The molecule has 0 amide bonds. The minimum absolute atomic E-state index is 0.490. The molecular weight excluding hydrogens is 186 g/mol. The largest absolute Gasteiger partial charge is 0.388 e. The van der Waals surface area contributed by atoms with Crippen LogP contribution in [0.4, 0.5) is 0 Å². The van der Waals surface area contributed by atoms with Gasteiger partial charge in [-0.05, 0) is 23.4 Å². The van der Waals surface area contributed by atoms with Crippen LogP contribution in [0.25, 0.3) is 10.8 Å². The molecule has 1 heterocycles. The third-order valence-corrected chi connectivity index (χ3v) is 2.47. The summed E-state index contributed by atoms with van der Waals surface area (Å²) in [5, 5.41) is 12.0. The summed E-state index contributed by atoms with van der Waals surface area (Å²) in [6.07, 6.45) is 5.34. The van der Waals surface area contributed by atoms with Gasteiger partial charge in [0.2, 0.25) is 0 Å². The Hall–Kier alpha value is -1.67. The second kappa shape index (κ2) is 4.24. The first kappa shape index (κ1) is 9.87. The van der Waals surface area contributed by atoms with Gasteiger partial charge in [0.15, 0.2) is 0 Å². The molecule has 0 aliphatic rings. The monoisotopic (exact) mass is 199 g/mol. The third kappa shape index (κ3) is 1.90. The van der Waals surface area contributed by atoms with E-state index in [0.29, 0.717) is 6.42 Å². The predicted octanol–water partition coefficient (Wildman–Crippen LogP) is 2.84. The third-order valence-electron chi connectivity index (χ3n) is 2.47. The van der Waals surface area contributed by atoms with Gasteiger partial charge in [-0.3, -0.25) is 4.98 Å². The molecule has 0 aliphatic heterocycles. The van der Waals surface area contributed by atoms with Gasteiger partial charge in [0.1, 0.15) is 0 Å². The van der Waals surface area contributed by atoms with E-state index in [1.807, 2.05) is 24.3 Å². The first-order chi connectivity index (χ1) is 7.33. The zero-order valence-electron chi connectivity index (χ0n) is 8.43. The summed E-state index contributed by atoms with van der Waals surface area (Å²) in [6, 6.07) is 7.84. The molecule has 76 valence electrons. The molecular formula is C13H13NO. The fraction of sp³-hybridized carbons (Fsp3) is 0.154. The van der Waals surface area contributed by atoms with Crippen molar-refractivity contribution in [1.29, 1.82) is 0 Å². The van der Waals surface area contributed by atoms with Crippen molar-refractivity contribution in [3.8, 4) is 0 Å². The lowest BCUT2D eigenvalue weighted by atomic mass is 10.0. The summed E-state index contributed by atoms with van der Waals surface area (Å²) in [5.74, 6) is 0. The normalized spacial score (nSPS) is 12.6. The molecule has 1 aromatic heterocycles. The Morgan fingerprint density at radius 1 is 1.40 bits per heavy atom. The van der Waals surface area contributed by atoms with Crippen molar-refractivity contribution in [2.75, 3.05) is 0 Å². The van der Waals surface area contributed by atoms with E-state index in [4.69, 9.17) is 0 Å². The number of pyridine rings is 1. The number of nitrogens with zero attached hydrogens (tertiary/aromatic N) is 1. The Balaban J connectivity index is 2.55. The van der Waals surface area contributed by atoms with E-state index in [9.17, 15) is 5.11 Å². The van der Waals surface area contributed by atoms with E-state index in [2.05, 4.69) is 11.6 Å². The summed E-state index contributed by atoms with van der Waals surface area (Å²) < 4.78 is 0. The van der Waals surface area contributed by atoms with Crippen LogP contribution < -0.4 is 0 Å². The van der Waals surface area contributed by atoms with E-state index < -0.39 is 6.10 Å². The van der Waals surface area contributed by atoms with E-state index in [-0.39, 0.29) is 0 Å². The Morgan fingerprint density at radius 3 is 3.07 bits per heavy atom. The van der Waals surface area contributed by atoms with E-state index in [1.54, 1.807) is 18.5 Å². The molecule has 2 nitrogen and oxygen atoms in total. The van der Waals surface area contributed by atoms with Gasteiger partial charge in [0.25, 0.3) is 0 Å². The fourth-order valence-electron chi connectivity index (χ4n) is 1.71. The highest BCUT2D eigenvalue weighted by Gasteiger charge is 2.08. The van der Waals surface area contributed by atoms with E-state index >= 15 is 0 Å². The summed E-state index contributed by atoms with van der Waals surface area (Å²) in [5.41, 5.74) is 0.917. The Labute approximate surface area is 88.9 Å². The lowest BCUT2D eigenvalue weighted by molar-refractivity contribution is 0.183. The Bertz CT molecular complexity index is 473. The van der Waals surface area contributed by atoms with Crippen molar-refractivity contribution < 1.29 is 5.11 Å². The molecule has 15 heavy (non-hydrogen) atoms. The maximum atomic E-state index is 9.92. The number of aliphatic hydroxyl groups is 1. The summed E-state index contributed by atoms with van der Waals surface area (Å²) in [7, 11) is 0. The number of rotatable bonds is 3. The van der Waals surface area contributed by atoms with Crippen molar-refractivity contribution in [3.05, 3.63) is 54.9 Å². The molecule has 1 atom stereocenters. The SMILES string of the molecule is C=CCC(O)c1cccc2ccncc12. The van der Waals surface area contributed by atoms with Gasteiger partial charge in [-0.15, -0.1) is 6.58 Å². The highest BCUT2D eigenvalue weighted by molar-refractivity contribution is 5.85.